The fraction of sp³-hybridized carbons (Fsp3) is 0.432. The number of nitrogens with one attached hydrogen (secondary N) is 1. The normalized spacial score (nSPS) is 13.7. The maximum atomic E-state index is 13.0. The molecule has 0 saturated carbocycles. The van der Waals surface area contributed by atoms with Crippen LogP contribution in [-0.4, -0.2) is 65.9 Å². The lowest BCUT2D eigenvalue weighted by molar-refractivity contribution is -0.142. The first-order valence-corrected chi connectivity index (χ1v) is 16.5. The number of rotatable bonds is 20. The summed E-state index contributed by atoms with van der Waals surface area (Å²) in [5, 5.41) is 23.7. The maximum Gasteiger partial charge on any atom is 0.332 e. The second-order valence-corrected chi connectivity index (χ2v) is 11.9. The Hall–Kier alpha value is -4.25. The van der Waals surface area contributed by atoms with Crippen LogP contribution in [0.5, 0.6) is 5.75 Å². The van der Waals surface area contributed by atoms with Crippen LogP contribution in [0.3, 0.4) is 0 Å². The number of aliphatic hydroxyl groups excluding tert-OH is 1. The first kappa shape index (κ1) is 35.6. The van der Waals surface area contributed by atoms with Gasteiger partial charge >= 0.3 is 12.0 Å². The van der Waals surface area contributed by atoms with E-state index in [0.717, 1.165) is 74.9 Å². The van der Waals surface area contributed by atoms with E-state index in [4.69, 9.17) is 9.47 Å². The van der Waals surface area contributed by atoms with Gasteiger partial charge in [-0.2, -0.15) is 0 Å². The van der Waals surface area contributed by atoms with Crippen molar-refractivity contribution in [2.24, 2.45) is 0 Å². The third-order valence-electron chi connectivity index (χ3n) is 8.12. The van der Waals surface area contributed by atoms with Gasteiger partial charge in [-0.25, -0.2) is 4.79 Å². The molecule has 1 saturated heterocycles. The zero-order valence-corrected chi connectivity index (χ0v) is 27.2. The van der Waals surface area contributed by atoms with Crippen LogP contribution in [0.2, 0.25) is 0 Å². The van der Waals surface area contributed by atoms with Crippen LogP contribution in [0.4, 0.5) is 10.5 Å². The van der Waals surface area contributed by atoms with Crippen LogP contribution >= 0.6 is 0 Å². The molecule has 0 spiro atoms. The highest BCUT2D eigenvalue weighted by atomic mass is 16.5. The summed E-state index contributed by atoms with van der Waals surface area (Å²) < 4.78 is 10.8. The number of aliphatic hydroxyl groups is 1. The average Bonchev–Trinajstić information content (AvgIpc) is 3.35. The van der Waals surface area contributed by atoms with Gasteiger partial charge in [-0.05, 0) is 79.6 Å². The molecule has 0 radical (unpaired) electrons. The lowest BCUT2D eigenvalue weighted by Crippen LogP contribution is -2.32. The average molecular weight is 646 g/mol. The SMILES string of the molecule is CC(=O)OCc1cc([C@@H](O)CNCCCCCCOCCCCc2cccc(N3CC(=O)N(Cc4ccccc4)C3=O)c2)ccc1O. The van der Waals surface area contributed by atoms with E-state index in [0.29, 0.717) is 24.3 Å². The lowest BCUT2D eigenvalue weighted by Gasteiger charge is -2.18. The Kier molecular flexibility index (Phi) is 14.2. The lowest BCUT2D eigenvalue weighted by atomic mass is 10.1. The summed E-state index contributed by atoms with van der Waals surface area (Å²) in [5.41, 5.74) is 3.94. The largest absolute Gasteiger partial charge is 0.508 e. The van der Waals surface area contributed by atoms with Crippen LogP contribution in [-0.2, 0) is 38.6 Å². The molecule has 1 heterocycles. The number of phenolic OH excluding ortho intramolecular Hbond substituents is 1. The minimum Gasteiger partial charge on any atom is -0.508 e. The number of hydrogen-bond acceptors (Lipinski definition) is 8. The van der Waals surface area contributed by atoms with Crippen LogP contribution < -0.4 is 10.2 Å². The molecule has 3 N–H and O–H groups in total. The highest BCUT2D eigenvalue weighted by molar-refractivity contribution is 6.12. The van der Waals surface area contributed by atoms with Crippen LogP contribution in [0.25, 0.3) is 0 Å². The number of ether oxygens (including phenoxy) is 2. The zero-order chi connectivity index (χ0) is 33.4. The van der Waals surface area contributed by atoms with Crippen LogP contribution in [0, 0.1) is 0 Å². The first-order chi connectivity index (χ1) is 22.8. The van der Waals surface area contributed by atoms with Gasteiger partial charge in [0.15, 0.2) is 0 Å². The third-order valence-corrected chi connectivity index (χ3v) is 8.12. The van der Waals surface area contributed by atoms with Crippen molar-refractivity contribution in [3.63, 3.8) is 0 Å². The summed E-state index contributed by atoms with van der Waals surface area (Å²) in [7, 11) is 0. The Morgan fingerprint density at radius 3 is 2.43 bits per heavy atom. The van der Waals surface area contributed by atoms with Crippen LogP contribution in [0.15, 0.2) is 72.8 Å². The number of imide groups is 1. The Morgan fingerprint density at radius 1 is 0.894 bits per heavy atom. The monoisotopic (exact) mass is 645 g/mol. The van der Waals surface area contributed by atoms with Gasteiger partial charge in [-0.1, -0.05) is 61.4 Å². The van der Waals surface area contributed by atoms with Gasteiger partial charge in [0.2, 0.25) is 0 Å². The number of carbonyl (C=O) groups is 3. The summed E-state index contributed by atoms with van der Waals surface area (Å²) in [6.45, 7) is 4.27. The van der Waals surface area contributed by atoms with Crippen molar-refractivity contribution in [2.45, 2.75) is 71.1 Å². The fourth-order valence-electron chi connectivity index (χ4n) is 5.45. The Bertz CT molecular complexity index is 1450. The number of benzene rings is 3. The second kappa shape index (κ2) is 18.8. The van der Waals surface area contributed by atoms with E-state index in [1.807, 2.05) is 48.5 Å². The number of nitrogens with zero attached hydrogens (tertiary/aromatic N) is 2. The van der Waals surface area contributed by atoms with E-state index < -0.39 is 12.1 Å². The molecule has 0 aromatic heterocycles. The Morgan fingerprint density at radius 2 is 1.64 bits per heavy atom. The molecule has 1 fully saturated rings. The quantitative estimate of drug-likeness (QED) is 0.0818. The van der Waals surface area contributed by atoms with Crippen LogP contribution in [0.1, 0.15) is 73.8 Å². The number of phenols is 1. The summed E-state index contributed by atoms with van der Waals surface area (Å²) in [6, 6.07) is 22.0. The number of anilines is 1. The molecule has 252 valence electrons. The molecule has 10 heteroatoms. The minimum atomic E-state index is -0.722. The first-order valence-electron chi connectivity index (χ1n) is 16.5. The summed E-state index contributed by atoms with van der Waals surface area (Å²) >= 11 is 0. The maximum absolute atomic E-state index is 13.0. The van der Waals surface area contributed by atoms with Crippen molar-refractivity contribution in [1.29, 1.82) is 0 Å². The summed E-state index contributed by atoms with van der Waals surface area (Å²) in [5.74, 6) is -0.580. The second-order valence-electron chi connectivity index (χ2n) is 11.9. The summed E-state index contributed by atoms with van der Waals surface area (Å²) in [4.78, 5) is 39.5. The molecule has 4 rings (SSSR count). The van der Waals surface area contributed by atoms with Gasteiger partial charge < -0.3 is 25.0 Å². The van der Waals surface area contributed by atoms with Gasteiger partial charge in [0.05, 0.1) is 12.6 Å². The topological polar surface area (TPSA) is 129 Å². The molecule has 47 heavy (non-hydrogen) atoms. The predicted octanol–water partition coefficient (Wildman–Crippen LogP) is 5.65. The molecule has 10 nitrogen and oxygen atoms in total. The molecule has 3 aromatic carbocycles. The van der Waals surface area contributed by atoms with Crippen molar-refractivity contribution in [3.8, 4) is 5.75 Å². The smallest absolute Gasteiger partial charge is 0.332 e. The molecule has 1 atom stereocenters. The van der Waals surface area contributed by atoms with Crippen molar-refractivity contribution in [1.82, 2.24) is 10.2 Å². The molecule has 1 aliphatic rings. The predicted molar refractivity (Wildman–Crippen MR) is 180 cm³/mol. The Labute approximate surface area is 277 Å². The molecule has 0 aliphatic carbocycles. The number of unbranched alkanes of at least 4 members (excludes halogenated alkanes) is 4. The van der Waals surface area contributed by atoms with E-state index in [9.17, 15) is 24.6 Å². The van der Waals surface area contributed by atoms with Gasteiger partial charge in [-0.15, -0.1) is 0 Å². The van der Waals surface area contributed by atoms with E-state index >= 15 is 0 Å². The van der Waals surface area contributed by atoms with E-state index in [1.54, 1.807) is 17.0 Å². The zero-order valence-electron chi connectivity index (χ0n) is 27.2. The number of esters is 1. The minimum absolute atomic E-state index is 0.0310. The van der Waals surface area contributed by atoms with E-state index in [2.05, 4.69) is 11.4 Å². The van der Waals surface area contributed by atoms with Gasteiger partial charge in [0.25, 0.3) is 5.91 Å². The molecule has 0 unspecified atom stereocenters. The van der Waals surface area contributed by atoms with Gasteiger partial charge in [0, 0.05) is 37.9 Å². The highest BCUT2D eigenvalue weighted by Gasteiger charge is 2.36. The number of hydrogen-bond donors (Lipinski definition) is 3. The Balaban J connectivity index is 1.02. The van der Waals surface area contributed by atoms with Crippen molar-refractivity contribution in [3.05, 3.63) is 95.1 Å². The number of aromatic hydroxyl groups is 1. The van der Waals surface area contributed by atoms with E-state index in [-0.39, 0.29) is 37.4 Å². The molecule has 1 aliphatic heterocycles. The standard InChI is InChI=1S/C37H47N3O7/c1-28(41)47-27-32-23-31(17-18-34(32)42)35(43)24-38-19-8-2-3-9-20-46-21-10-7-12-29-15-11-16-33(22-29)39-26-36(44)40(37(39)45)25-30-13-5-4-6-14-30/h4-6,11,13-18,22-23,35,38,42-43H,2-3,7-10,12,19-21,24-27H2,1H3/t35-/m0/s1. The molecule has 0 bridgehead atoms. The number of amides is 3. The van der Waals surface area contributed by atoms with Crippen molar-refractivity contribution < 1.29 is 34.1 Å². The fourth-order valence-corrected chi connectivity index (χ4v) is 5.45. The molecule has 3 amide bonds. The van der Waals surface area contributed by atoms with Gasteiger partial charge in [-0.3, -0.25) is 19.4 Å². The molecule has 3 aromatic rings. The number of carbonyl (C=O) groups excluding carboxylic acids is 3. The molecular weight excluding hydrogens is 598 g/mol. The van der Waals surface area contributed by atoms with E-state index in [1.165, 1.54) is 17.9 Å². The van der Waals surface area contributed by atoms with Gasteiger partial charge in [0.1, 0.15) is 18.9 Å². The third kappa shape index (κ3) is 11.5. The number of aryl methyl sites for hydroxylation is 1. The number of urea groups is 1. The van der Waals surface area contributed by atoms with Crippen molar-refractivity contribution >= 4 is 23.6 Å². The summed E-state index contributed by atoms with van der Waals surface area (Å²) in [6.07, 6.45) is 6.25. The highest BCUT2D eigenvalue weighted by Crippen LogP contribution is 2.25. The molecular formula is C37H47N3O7. The van der Waals surface area contributed by atoms with Crippen molar-refractivity contribution in [2.75, 3.05) is 37.7 Å².